The number of unbranched alkanes of at least 4 members (excludes halogenated alkanes) is 1. The van der Waals surface area contributed by atoms with Crippen LogP contribution in [0.3, 0.4) is 0 Å². The number of nitrogens with two attached hydrogens (primary N) is 1. The smallest absolute Gasteiger partial charge is 0.220 e. The molecule has 0 aromatic heterocycles. The number of nitrogens with one attached hydrogen (secondary N) is 1. The number of hydrogen-bond acceptors (Lipinski definition) is 3. The molecule has 1 aromatic rings. The maximum atomic E-state index is 11.9. The molecule has 22 heavy (non-hydrogen) atoms. The van der Waals surface area contributed by atoms with Gasteiger partial charge in [0.25, 0.3) is 0 Å². The second-order valence-corrected chi connectivity index (χ2v) is 5.22. The largest absolute Gasteiger partial charge is 0.494 e. The summed E-state index contributed by atoms with van der Waals surface area (Å²) in [4.78, 5) is 11.9. The molecule has 1 rings (SSSR count). The van der Waals surface area contributed by atoms with Gasteiger partial charge in [-0.2, -0.15) is 0 Å². The van der Waals surface area contributed by atoms with Crippen LogP contribution in [0.4, 0.5) is 0 Å². The highest BCUT2D eigenvalue weighted by Crippen LogP contribution is 2.13. The normalized spacial score (nSPS) is 11.4. The van der Waals surface area contributed by atoms with Crippen molar-refractivity contribution < 1.29 is 9.53 Å². The van der Waals surface area contributed by atoms with E-state index in [-0.39, 0.29) is 24.4 Å². The van der Waals surface area contributed by atoms with Gasteiger partial charge in [0.1, 0.15) is 5.75 Å². The van der Waals surface area contributed by atoms with Gasteiger partial charge in [0.05, 0.1) is 6.61 Å². The molecule has 1 aromatic carbocycles. The molecule has 5 heteroatoms. The van der Waals surface area contributed by atoms with E-state index in [1.165, 1.54) is 0 Å². The number of hydrogen-bond donors (Lipinski definition) is 2. The Kier molecular flexibility index (Phi) is 11.6. The minimum absolute atomic E-state index is 0. The molecule has 1 unspecified atom stereocenters. The lowest BCUT2D eigenvalue weighted by molar-refractivity contribution is -0.121. The van der Waals surface area contributed by atoms with Crippen molar-refractivity contribution in [3.63, 3.8) is 0 Å². The Morgan fingerprint density at radius 2 is 1.95 bits per heavy atom. The zero-order valence-corrected chi connectivity index (χ0v) is 14.5. The quantitative estimate of drug-likeness (QED) is 0.693. The Morgan fingerprint density at radius 3 is 2.50 bits per heavy atom. The molecule has 1 atom stereocenters. The molecule has 0 aliphatic rings. The molecule has 0 fully saturated rings. The molecule has 126 valence electrons. The summed E-state index contributed by atoms with van der Waals surface area (Å²) >= 11 is 0. The molecular formula is C17H29ClN2O2. The average Bonchev–Trinajstić information content (AvgIpc) is 2.51. The van der Waals surface area contributed by atoms with Crippen LogP contribution in [-0.4, -0.2) is 25.1 Å². The lowest BCUT2D eigenvalue weighted by Crippen LogP contribution is -2.40. The van der Waals surface area contributed by atoms with E-state index < -0.39 is 0 Å². The number of amides is 1. The summed E-state index contributed by atoms with van der Waals surface area (Å²) in [6.45, 7) is 5.28. The van der Waals surface area contributed by atoms with Gasteiger partial charge in [0, 0.05) is 19.0 Å². The van der Waals surface area contributed by atoms with Crippen LogP contribution in [0.15, 0.2) is 24.3 Å². The van der Waals surface area contributed by atoms with Gasteiger partial charge in [-0.1, -0.05) is 31.9 Å². The maximum absolute atomic E-state index is 11.9. The van der Waals surface area contributed by atoms with Crippen molar-refractivity contribution in [3.05, 3.63) is 29.8 Å². The molecule has 0 bridgehead atoms. The highest BCUT2D eigenvalue weighted by atomic mass is 35.5. The summed E-state index contributed by atoms with van der Waals surface area (Å²) in [5.41, 5.74) is 6.83. The van der Waals surface area contributed by atoms with E-state index in [9.17, 15) is 4.79 Å². The number of benzene rings is 1. The summed E-state index contributed by atoms with van der Waals surface area (Å²) in [6.07, 6.45) is 4.42. The predicted molar refractivity (Wildman–Crippen MR) is 93.7 cm³/mol. The molecule has 0 spiro atoms. The Bertz CT molecular complexity index is 410. The SMILES string of the molecule is CCCCC(CN)NC(=O)CCc1ccc(OCC)cc1.Cl. The lowest BCUT2D eigenvalue weighted by atomic mass is 10.1. The Hall–Kier alpha value is -1.26. The van der Waals surface area contributed by atoms with Crippen LogP contribution < -0.4 is 15.8 Å². The van der Waals surface area contributed by atoms with E-state index in [1.54, 1.807) is 0 Å². The Labute approximate surface area is 140 Å². The fourth-order valence-electron chi connectivity index (χ4n) is 2.18. The van der Waals surface area contributed by atoms with Crippen LogP contribution >= 0.6 is 12.4 Å². The zero-order valence-electron chi connectivity index (χ0n) is 13.6. The van der Waals surface area contributed by atoms with E-state index >= 15 is 0 Å². The van der Waals surface area contributed by atoms with E-state index in [2.05, 4.69) is 12.2 Å². The molecule has 0 radical (unpaired) electrons. The maximum Gasteiger partial charge on any atom is 0.220 e. The van der Waals surface area contributed by atoms with Crippen molar-refractivity contribution in [3.8, 4) is 5.75 Å². The van der Waals surface area contributed by atoms with Gasteiger partial charge in [-0.25, -0.2) is 0 Å². The van der Waals surface area contributed by atoms with Gasteiger partial charge in [0.15, 0.2) is 0 Å². The molecule has 4 nitrogen and oxygen atoms in total. The topological polar surface area (TPSA) is 64.3 Å². The summed E-state index contributed by atoms with van der Waals surface area (Å²) in [5.74, 6) is 0.948. The van der Waals surface area contributed by atoms with Gasteiger partial charge < -0.3 is 15.8 Å². The fraction of sp³-hybridized carbons (Fsp3) is 0.588. The van der Waals surface area contributed by atoms with Gasteiger partial charge in [-0.05, 0) is 37.5 Å². The monoisotopic (exact) mass is 328 g/mol. The summed E-state index contributed by atoms with van der Waals surface area (Å²) in [7, 11) is 0. The third kappa shape index (κ3) is 8.25. The van der Waals surface area contributed by atoms with Crippen LogP contribution in [0.5, 0.6) is 5.75 Å². The highest BCUT2D eigenvalue weighted by Gasteiger charge is 2.10. The van der Waals surface area contributed by atoms with Crippen molar-refractivity contribution >= 4 is 18.3 Å². The van der Waals surface area contributed by atoms with Gasteiger partial charge in [-0.3, -0.25) is 4.79 Å². The number of ether oxygens (including phenoxy) is 1. The first-order valence-electron chi connectivity index (χ1n) is 7.90. The third-order valence-corrected chi connectivity index (χ3v) is 3.43. The van der Waals surface area contributed by atoms with E-state index in [0.717, 1.165) is 37.0 Å². The van der Waals surface area contributed by atoms with Crippen LogP contribution in [0, 0.1) is 0 Å². The van der Waals surface area contributed by atoms with Crippen molar-refractivity contribution in [2.75, 3.05) is 13.2 Å². The van der Waals surface area contributed by atoms with Gasteiger partial charge >= 0.3 is 0 Å². The molecule has 0 saturated heterocycles. The minimum Gasteiger partial charge on any atom is -0.494 e. The molecule has 0 saturated carbocycles. The average molecular weight is 329 g/mol. The number of halogens is 1. The number of carbonyl (C=O) groups excluding carboxylic acids is 1. The second-order valence-electron chi connectivity index (χ2n) is 5.22. The van der Waals surface area contributed by atoms with Crippen molar-refractivity contribution in [1.82, 2.24) is 5.32 Å². The highest BCUT2D eigenvalue weighted by molar-refractivity contribution is 5.85. The number of rotatable bonds is 10. The summed E-state index contributed by atoms with van der Waals surface area (Å²) in [5, 5.41) is 3.01. The first kappa shape index (κ1) is 20.7. The van der Waals surface area contributed by atoms with Crippen molar-refractivity contribution in [2.24, 2.45) is 5.73 Å². The van der Waals surface area contributed by atoms with Crippen molar-refractivity contribution in [1.29, 1.82) is 0 Å². The summed E-state index contributed by atoms with van der Waals surface area (Å²) < 4.78 is 5.40. The summed E-state index contributed by atoms with van der Waals surface area (Å²) in [6, 6.07) is 8.02. The first-order chi connectivity index (χ1) is 10.2. The Balaban J connectivity index is 0.00000441. The van der Waals surface area contributed by atoms with Crippen LogP contribution in [0.25, 0.3) is 0 Å². The molecule has 3 N–H and O–H groups in total. The molecular weight excluding hydrogens is 300 g/mol. The van der Waals surface area contributed by atoms with Crippen LogP contribution in [0.1, 0.15) is 45.1 Å². The molecule has 0 aliphatic heterocycles. The molecule has 0 heterocycles. The fourth-order valence-corrected chi connectivity index (χ4v) is 2.18. The standard InChI is InChI=1S/C17H28N2O2.ClH/c1-3-5-6-15(13-18)19-17(20)12-9-14-7-10-16(11-8-14)21-4-2;/h7-8,10-11,15H,3-6,9,12-13,18H2,1-2H3,(H,19,20);1H. The first-order valence-corrected chi connectivity index (χ1v) is 7.90. The van der Waals surface area contributed by atoms with E-state index in [1.807, 2.05) is 31.2 Å². The van der Waals surface area contributed by atoms with Gasteiger partial charge in [0.2, 0.25) is 5.91 Å². The lowest BCUT2D eigenvalue weighted by Gasteiger charge is -2.16. The van der Waals surface area contributed by atoms with E-state index in [4.69, 9.17) is 10.5 Å². The third-order valence-electron chi connectivity index (χ3n) is 3.43. The van der Waals surface area contributed by atoms with Gasteiger partial charge in [-0.15, -0.1) is 12.4 Å². The Morgan fingerprint density at radius 1 is 1.27 bits per heavy atom. The predicted octanol–water partition coefficient (Wildman–Crippen LogP) is 3.07. The van der Waals surface area contributed by atoms with Crippen LogP contribution in [-0.2, 0) is 11.2 Å². The minimum atomic E-state index is 0. The van der Waals surface area contributed by atoms with Crippen molar-refractivity contribution in [2.45, 2.75) is 52.0 Å². The second kappa shape index (κ2) is 12.3. The number of aryl methyl sites for hydroxylation is 1. The molecule has 1 amide bonds. The van der Waals surface area contributed by atoms with Crippen LogP contribution in [0.2, 0.25) is 0 Å². The number of carbonyl (C=O) groups is 1. The zero-order chi connectivity index (χ0) is 15.5. The van der Waals surface area contributed by atoms with E-state index in [0.29, 0.717) is 19.6 Å². The molecule has 0 aliphatic carbocycles.